The van der Waals surface area contributed by atoms with Crippen molar-refractivity contribution in [1.82, 2.24) is 15.0 Å². The topological polar surface area (TPSA) is 50.9 Å². The van der Waals surface area contributed by atoms with E-state index in [0.717, 1.165) is 0 Å². The van der Waals surface area contributed by atoms with E-state index < -0.39 is 6.23 Å². The van der Waals surface area contributed by atoms with Crippen molar-refractivity contribution in [3.05, 3.63) is 24.0 Å². The van der Waals surface area contributed by atoms with Crippen LogP contribution < -0.4 is 0 Å². The van der Waals surface area contributed by atoms with Crippen LogP contribution in [-0.2, 0) is 0 Å². The Labute approximate surface area is 73.6 Å². The van der Waals surface area contributed by atoms with E-state index in [1.54, 1.807) is 6.92 Å². The van der Waals surface area contributed by atoms with Crippen LogP contribution in [0.3, 0.4) is 0 Å². The molecule has 2 aromatic rings. The van der Waals surface area contributed by atoms with Gasteiger partial charge in [0.15, 0.2) is 0 Å². The zero-order valence-corrected chi connectivity index (χ0v) is 6.98. The Bertz CT molecular complexity index is 438. The highest BCUT2D eigenvalue weighted by molar-refractivity contribution is 5.74. The van der Waals surface area contributed by atoms with Gasteiger partial charge < -0.3 is 5.11 Å². The number of aromatic nitrogens is 3. The lowest BCUT2D eigenvalue weighted by Crippen LogP contribution is -2.05. The molecule has 1 unspecified atom stereocenters. The number of fused-ring (bicyclic) bond motifs is 1. The molecule has 1 aromatic carbocycles. The maximum absolute atomic E-state index is 12.7. The Morgan fingerprint density at radius 1 is 1.54 bits per heavy atom. The van der Waals surface area contributed by atoms with E-state index in [2.05, 4.69) is 10.3 Å². The summed E-state index contributed by atoms with van der Waals surface area (Å²) in [6.07, 6.45) is -0.754. The molecular formula is C8H8FN3O. The number of hydrogen-bond donors (Lipinski definition) is 1. The summed E-state index contributed by atoms with van der Waals surface area (Å²) in [6, 6.07) is 4.13. The maximum Gasteiger partial charge on any atom is 0.146 e. The summed E-state index contributed by atoms with van der Waals surface area (Å²) >= 11 is 0. The molecule has 0 aliphatic rings. The van der Waals surface area contributed by atoms with Crippen LogP contribution in [0.15, 0.2) is 18.2 Å². The largest absolute Gasteiger partial charge is 0.372 e. The summed E-state index contributed by atoms with van der Waals surface area (Å²) in [5, 5.41) is 16.6. The predicted molar refractivity (Wildman–Crippen MR) is 44.4 cm³/mol. The van der Waals surface area contributed by atoms with Gasteiger partial charge >= 0.3 is 0 Å². The number of rotatable bonds is 1. The Hall–Kier alpha value is -1.49. The molecule has 5 heteroatoms. The normalized spacial score (nSPS) is 13.5. The second-order valence-corrected chi connectivity index (χ2v) is 2.80. The fraction of sp³-hybridized carbons (Fsp3) is 0.250. The molecule has 0 aliphatic carbocycles. The molecule has 68 valence electrons. The second kappa shape index (κ2) is 2.77. The zero-order valence-electron chi connectivity index (χ0n) is 6.98. The third kappa shape index (κ3) is 1.27. The Kier molecular flexibility index (Phi) is 1.73. The van der Waals surface area contributed by atoms with Gasteiger partial charge in [-0.25, -0.2) is 9.07 Å². The molecule has 0 saturated carbocycles. The van der Waals surface area contributed by atoms with Crippen molar-refractivity contribution in [2.24, 2.45) is 0 Å². The Balaban J connectivity index is 2.69. The van der Waals surface area contributed by atoms with Gasteiger partial charge in [-0.15, -0.1) is 5.10 Å². The lowest BCUT2D eigenvalue weighted by Gasteiger charge is -2.03. The van der Waals surface area contributed by atoms with E-state index in [1.165, 1.54) is 22.9 Å². The van der Waals surface area contributed by atoms with Crippen LogP contribution in [0.5, 0.6) is 0 Å². The van der Waals surface area contributed by atoms with Crippen LogP contribution in [0.25, 0.3) is 11.0 Å². The van der Waals surface area contributed by atoms with Gasteiger partial charge in [0.2, 0.25) is 0 Å². The third-order valence-electron chi connectivity index (χ3n) is 1.79. The molecular weight excluding hydrogens is 173 g/mol. The second-order valence-electron chi connectivity index (χ2n) is 2.80. The lowest BCUT2D eigenvalue weighted by atomic mass is 10.3. The molecule has 0 radical (unpaired) electrons. The molecule has 2 rings (SSSR count). The van der Waals surface area contributed by atoms with Crippen LogP contribution in [0.2, 0.25) is 0 Å². The highest BCUT2D eigenvalue weighted by atomic mass is 19.1. The van der Waals surface area contributed by atoms with E-state index in [9.17, 15) is 9.50 Å². The number of aliphatic hydroxyl groups excluding tert-OH is 1. The first-order chi connectivity index (χ1) is 6.18. The average Bonchev–Trinajstić information content (AvgIpc) is 2.46. The molecule has 0 amide bonds. The minimum absolute atomic E-state index is 0.356. The smallest absolute Gasteiger partial charge is 0.146 e. The first-order valence-corrected chi connectivity index (χ1v) is 3.87. The fourth-order valence-electron chi connectivity index (χ4n) is 1.19. The highest BCUT2D eigenvalue weighted by Crippen LogP contribution is 2.14. The van der Waals surface area contributed by atoms with Crippen LogP contribution in [0.1, 0.15) is 13.2 Å². The maximum atomic E-state index is 12.7. The highest BCUT2D eigenvalue weighted by Gasteiger charge is 2.08. The number of nitrogens with zero attached hydrogens (tertiary/aromatic N) is 3. The van der Waals surface area contributed by atoms with Gasteiger partial charge in [-0.3, -0.25) is 0 Å². The van der Waals surface area contributed by atoms with Crippen molar-refractivity contribution in [3.8, 4) is 0 Å². The first kappa shape index (κ1) is 8.12. The van der Waals surface area contributed by atoms with E-state index in [4.69, 9.17) is 0 Å². The van der Waals surface area contributed by atoms with Crippen molar-refractivity contribution in [2.75, 3.05) is 0 Å². The molecule has 0 fully saturated rings. The number of aliphatic hydroxyl groups is 1. The summed E-state index contributed by atoms with van der Waals surface area (Å²) in [5.74, 6) is -0.356. The van der Waals surface area contributed by atoms with Gasteiger partial charge in [-0.05, 0) is 19.1 Å². The predicted octanol–water partition coefficient (Wildman–Crippen LogP) is 1.08. The van der Waals surface area contributed by atoms with Crippen molar-refractivity contribution in [1.29, 1.82) is 0 Å². The minimum atomic E-state index is -0.754. The van der Waals surface area contributed by atoms with E-state index >= 15 is 0 Å². The van der Waals surface area contributed by atoms with E-state index in [0.29, 0.717) is 11.0 Å². The quantitative estimate of drug-likeness (QED) is 0.716. The summed E-state index contributed by atoms with van der Waals surface area (Å²) < 4.78 is 14.0. The lowest BCUT2D eigenvalue weighted by molar-refractivity contribution is 0.113. The number of halogens is 1. The van der Waals surface area contributed by atoms with Crippen molar-refractivity contribution < 1.29 is 9.50 Å². The summed E-state index contributed by atoms with van der Waals surface area (Å²) in [7, 11) is 0. The molecule has 13 heavy (non-hydrogen) atoms. The molecule has 1 aromatic heterocycles. The summed E-state index contributed by atoms with van der Waals surface area (Å²) in [6.45, 7) is 1.57. The van der Waals surface area contributed by atoms with Crippen molar-refractivity contribution in [2.45, 2.75) is 13.2 Å². The van der Waals surface area contributed by atoms with E-state index in [1.807, 2.05) is 0 Å². The molecule has 1 N–H and O–H groups in total. The SMILES string of the molecule is CC(O)n1nnc2cc(F)ccc21. The van der Waals surface area contributed by atoms with Crippen LogP contribution in [0.4, 0.5) is 4.39 Å². The first-order valence-electron chi connectivity index (χ1n) is 3.87. The summed E-state index contributed by atoms with van der Waals surface area (Å²) in [5.41, 5.74) is 1.07. The molecule has 0 bridgehead atoms. The van der Waals surface area contributed by atoms with Gasteiger partial charge in [0.25, 0.3) is 0 Å². The van der Waals surface area contributed by atoms with Crippen molar-refractivity contribution >= 4 is 11.0 Å². The van der Waals surface area contributed by atoms with Gasteiger partial charge in [0.05, 0.1) is 5.52 Å². The molecule has 0 saturated heterocycles. The average molecular weight is 181 g/mol. The number of benzene rings is 1. The van der Waals surface area contributed by atoms with Crippen LogP contribution >= 0.6 is 0 Å². The van der Waals surface area contributed by atoms with Gasteiger partial charge in [-0.1, -0.05) is 5.21 Å². The Morgan fingerprint density at radius 2 is 2.31 bits per heavy atom. The third-order valence-corrected chi connectivity index (χ3v) is 1.79. The van der Waals surface area contributed by atoms with Crippen molar-refractivity contribution in [3.63, 3.8) is 0 Å². The Morgan fingerprint density at radius 3 is 3.00 bits per heavy atom. The zero-order chi connectivity index (χ0) is 9.42. The molecule has 0 spiro atoms. The molecule has 0 aliphatic heterocycles. The van der Waals surface area contributed by atoms with Crippen LogP contribution in [-0.4, -0.2) is 20.1 Å². The summed E-state index contributed by atoms with van der Waals surface area (Å²) in [4.78, 5) is 0. The monoisotopic (exact) mass is 181 g/mol. The van der Waals surface area contributed by atoms with Gasteiger partial charge in [-0.2, -0.15) is 0 Å². The number of hydrogen-bond acceptors (Lipinski definition) is 3. The molecule has 4 nitrogen and oxygen atoms in total. The molecule has 1 heterocycles. The van der Waals surface area contributed by atoms with E-state index in [-0.39, 0.29) is 5.82 Å². The fourth-order valence-corrected chi connectivity index (χ4v) is 1.19. The molecule has 1 atom stereocenters. The van der Waals surface area contributed by atoms with Gasteiger partial charge in [0.1, 0.15) is 17.6 Å². The van der Waals surface area contributed by atoms with Gasteiger partial charge in [0, 0.05) is 6.07 Å². The minimum Gasteiger partial charge on any atom is -0.372 e. The standard InChI is InChI=1S/C8H8FN3O/c1-5(13)12-8-3-2-6(9)4-7(8)10-11-12/h2-5,13H,1H3. The van der Waals surface area contributed by atoms with Crippen LogP contribution in [0, 0.1) is 5.82 Å².